The van der Waals surface area contributed by atoms with Gasteiger partial charge in [-0.05, 0) is 49.2 Å². The van der Waals surface area contributed by atoms with Gasteiger partial charge in [-0.2, -0.15) is 5.10 Å². The van der Waals surface area contributed by atoms with Gasteiger partial charge >= 0.3 is 0 Å². The van der Waals surface area contributed by atoms with Gasteiger partial charge in [-0.25, -0.2) is 5.43 Å². The highest BCUT2D eigenvalue weighted by molar-refractivity contribution is 9.10. The van der Waals surface area contributed by atoms with E-state index in [0.29, 0.717) is 21.7 Å². The number of hydrogen-bond donors (Lipinski definition) is 2. The number of halogens is 2. The molecule has 22 heavy (non-hydrogen) atoms. The minimum Gasteiger partial charge on any atom is -0.507 e. The number of amides is 1. The molecule has 0 spiro atoms. The zero-order chi connectivity index (χ0) is 16.3. The van der Waals surface area contributed by atoms with Gasteiger partial charge in [0.2, 0.25) is 0 Å². The Hall–Kier alpha value is -1.85. The monoisotopic (exact) mass is 380 g/mol. The van der Waals surface area contributed by atoms with Crippen LogP contribution in [0.5, 0.6) is 5.75 Å². The normalized spacial score (nSPS) is 10.9. The molecule has 0 bridgehead atoms. The summed E-state index contributed by atoms with van der Waals surface area (Å²) < 4.78 is 0.817. The zero-order valence-corrected chi connectivity index (χ0v) is 14.4. The minimum atomic E-state index is -0.410. The van der Waals surface area contributed by atoms with Crippen molar-refractivity contribution in [1.29, 1.82) is 0 Å². The number of carbonyl (C=O) groups excluding carboxylic acids is 1. The van der Waals surface area contributed by atoms with Crippen LogP contribution in [0.4, 0.5) is 0 Å². The highest BCUT2D eigenvalue weighted by atomic mass is 79.9. The lowest BCUT2D eigenvalue weighted by atomic mass is 10.1. The fourth-order valence-electron chi connectivity index (χ4n) is 1.88. The van der Waals surface area contributed by atoms with Crippen LogP contribution in [-0.4, -0.2) is 17.2 Å². The number of carbonyl (C=O) groups is 1. The van der Waals surface area contributed by atoms with Crippen molar-refractivity contribution in [2.75, 3.05) is 0 Å². The number of phenols is 1. The lowest BCUT2D eigenvalue weighted by Crippen LogP contribution is -2.18. The molecule has 2 rings (SSSR count). The van der Waals surface area contributed by atoms with Gasteiger partial charge in [0.1, 0.15) is 5.75 Å². The van der Waals surface area contributed by atoms with E-state index in [1.54, 1.807) is 37.3 Å². The van der Waals surface area contributed by atoms with E-state index in [1.165, 1.54) is 6.21 Å². The summed E-state index contributed by atoms with van der Waals surface area (Å²) in [5, 5.41) is 14.2. The van der Waals surface area contributed by atoms with Crippen molar-refractivity contribution < 1.29 is 9.90 Å². The molecule has 1 amide bonds. The second kappa shape index (κ2) is 6.94. The Kier molecular flexibility index (Phi) is 5.21. The summed E-state index contributed by atoms with van der Waals surface area (Å²) >= 11 is 9.37. The van der Waals surface area contributed by atoms with Crippen molar-refractivity contribution in [2.45, 2.75) is 13.8 Å². The molecule has 0 unspecified atom stereocenters. The maximum atomic E-state index is 12.0. The molecular weight excluding hydrogens is 368 g/mol. The molecule has 2 aromatic carbocycles. The number of phenolic OH excluding ortho intramolecular Hbond substituents is 1. The van der Waals surface area contributed by atoms with Gasteiger partial charge < -0.3 is 5.11 Å². The van der Waals surface area contributed by atoms with Gasteiger partial charge in [0.05, 0.1) is 16.8 Å². The molecule has 0 saturated carbocycles. The number of rotatable bonds is 3. The van der Waals surface area contributed by atoms with Gasteiger partial charge in [-0.15, -0.1) is 0 Å². The molecule has 0 fully saturated rings. The topological polar surface area (TPSA) is 61.7 Å². The second-order valence-corrected chi connectivity index (χ2v) is 6.17. The quantitative estimate of drug-likeness (QED) is 0.618. The van der Waals surface area contributed by atoms with Crippen molar-refractivity contribution in [1.82, 2.24) is 5.43 Å². The third kappa shape index (κ3) is 3.87. The van der Waals surface area contributed by atoms with Crippen molar-refractivity contribution >= 4 is 39.7 Å². The Morgan fingerprint density at radius 1 is 1.32 bits per heavy atom. The highest BCUT2D eigenvalue weighted by Gasteiger charge is 2.09. The summed E-state index contributed by atoms with van der Waals surface area (Å²) in [6.07, 6.45) is 1.38. The lowest BCUT2D eigenvalue weighted by Gasteiger charge is -2.05. The van der Waals surface area contributed by atoms with Gasteiger partial charge in [-0.1, -0.05) is 33.6 Å². The van der Waals surface area contributed by atoms with Crippen LogP contribution in [0.25, 0.3) is 0 Å². The second-order valence-electron chi connectivity index (χ2n) is 4.84. The number of benzene rings is 2. The standard InChI is InChI=1S/C16H14BrClN2O2/c1-9-3-4-13(14(18)5-9)16(22)20-19-8-11-7-12(17)6-10(2)15(11)21/h3-8,21H,1-2H3,(H,20,22)/b19-8+. The fourth-order valence-corrected chi connectivity index (χ4v) is 2.80. The van der Waals surface area contributed by atoms with Crippen LogP contribution in [0.3, 0.4) is 0 Å². The summed E-state index contributed by atoms with van der Waals surface area (Å²) in [6, 6.07) is 8.65. The van der Waals surface area contributed by atoms with Crippen LogP contribution in [0.2, 0.25) is 5.02 Å². The first-order chi connectivity index (χ1) is 10.4. The Labute approximate surface area is 141 Å². The summed E-state index contributed by atoms with van der Waals surface area (Å²) in [6.45, 7) is 3.67. The van der Waals surface area contributed by atoms with E-state index >= 15 is 0 Å². The number of aromatic hydroxyl groups is 1. The number of hydrazone groups is 1. The molecule has 2 aromatic rings. The molecule has 0 radical (unpaired) electrons. The molecule has 0 saturated heterocycles. The maximum Gasteiger partial charge on any atom is 0.272 e. The van der Waals surface area contributed by atoms with Gasteiger partial charge in [-0.3, -0.25) is 4.79 Å². The van der Waals surface area contributed by atoms with Crippen LogP contribution < -0.4 is 5.43 Å². The van der Waals surface area contributed by atoms with Gasteiger partial charge in [0, 0.05) is 10.0 Å². The van der Waals surface area contributed by atoms with Crippen molar-refractivity contribution in [3.8, 4) is 5.75 Å². The molecule has 0 atom stereocenters. The minimum absolute atomic E-state index is 0.120. The average Bonchev–Trinajstić information content (AvgIpc) is 2.43. The lowest BCUT2D eigenvalue weighted by molar-refractivity contribution is 0.0955. The Morgan fingerprint density at radius 3 is 2.73 bits per heavy atom. The molecule has 4 nitrogen and oxygen atoms in total. The molecule has 114 valence electrons. The zero-order valence-electron chi connectivity index (χ0n) is 12.0. The van der Waals surface area contributed by atoms with E-state index in [0.717, 1.165) is 10.0 Å². The SMILES string of the molecule is Cc1ccc(C(=O)N/N=C/c2cc(Br)cc(C)c2O)c(Cl)c1. The molecule has 0 aliphatic heterocycles. The smallest absolute Gasteiger partial charge is 0.272 e. The third-order valence-corrected chi connectivity index (χ3v) is 3.80. The Bertz CT molecular complexity index is 760. The van der Waals surface area contributed by atoms with E-state index in [4.69, 9.17) is 11.6 Å². The van der Waals surface area contributed by atoms with Gasteiger partial charge in [0.15, 0.2) is 0 Å². The van der Waals surface area contributed by atoms with E-state index in [-0.39, 0.29) is 5.75 Å². The number of nitrogens with one attached hydrogen (secondary N) is 1. The predicted molar refractivity (Wildman–Crippen MR) is 91.8 cm³/mol. The first-order valence-corrected chi connectivity index (χ1v) is 7.64. The van der Waals surface area contributed by atoms with Crippen LogP contribution in [0.15, 0.2) is 39.9 Å². The highest BCUT2D eigenvalue weighted by Crippen LogP contribution is 2.25. The number of nitrogens with zero attached hydrogens (tertiary/aromatic N) is 1. The maximum absolute atomic E-state index is 12.0. The first kappa shape index (κ1) is 16.5. The van der Waals surface area contributed by atoms with Crippen LogP contribution in [0, 0.1) is 13.8 Å². The third-order valence-electron chi connectivity index (χ3n) is 3.03. The van der Waals surface area contributed by atoms with Crippen molar-refractivity contribution in [2.24, 2.45) is 5.10 Å². The molecule has 0 aliphatic rings. The van der Waals surface area contributed by atoms with Crippen molar-refractivity contribution in [3.05, 3.63) is 62.1 Å². The van der Waals surface area contributed by atoms with E-state index < -0.39 is 5.91 Å². The first-order valence-electron chi connectivity index (χ1n) is 6.47. The summed E-state index contributed by atoms with van der Waals surface area (Å²) in [7, 11) is 0. The van der Waals surface area contributed by atoms with Gasteiger partial charge in [0.25, 0.3) is 5.91 Å². The van der Waals surface area contributed by atoms with E-state index in [1.807, 2.05) is 6.92 Å². The van der Waals surface area contributed by atoms with Crippen LogP contribution >= 0.6 is 27.5 Å². The number of aryl methyl sites for hydroxylation is 2. The summed E-state index contributed by atoms with van der Waals surface area (Å²) in [5.41, 5.74) is 4.93. The Morgan fingerprint density at radius 2 is 2.05 bits per heavy atom. The molecule has 0 aliphatic carbocycles. The van der Waals surface area contributed by atoms with E-state index in [2.05, 4.69) is 26.5 Å². The molecule has 2 N–H and O–H groups in total. The van der Waals surface area contributed by atoms with Crippen LogP contribution in [-0.2, 0) is 0 Å². The largest absolute Gasteiger partial charge is 0.507 e. The van der Waals surface area contributed by atoms with Crippen molar-refractivity contribution in [3.63, 3.8) is 0 Å². The Balaban J connectivity index is 2.14. The molecule has 0 aromatic heterocycles. The van der Waals surface area contributed by atoms with E-state index in [9.17, 15) is 9.90 Å². The predicted octanol–water partition coefficient (Wildman–Crippen LogP) is 4.19. The summed E-state index contributed by atoms with van der Waals surface area (Å²) in [4.78, 5) is 12.0. The molecule has 0 heterocycles. The van der Waals surface area contributed by atoms with Crippen LogP contribution in [0.1, 0.15) is 27.0 Å². The average molecular weight is 382 g/mol. The molecular formula is C16H14BrClN2O2. The fraction of sp³-hybridized carbons (Fsp3) is 0.125. The number of hydrogen-bond acceptors (Lipinski definition) is 3. The summed E-state index contributed by atoms with van der Waals surface area (Å²) in [5.74, 6) is -0.290. The molecule has 6 heteroatoms.